The molecule has 0 bridgehead atoms. The number of fused-ring (bicyclic) bond motifs is 8. The molecule has 274 valence electrons. The smallest absolute Gasteiger partial charge is 0.154 e. The van der Waals surface area contributed by atoms with Crippen molar-refractivity contribution in [1.82, 2.24) is 20.2 Å². The number of hydrogen-bond donors (Lipinski definition) is 2. The van der Waals surface area contributed by atoms with Crippen molar-refractivity contribution >= 4 is 71.1 Å². The van der Waals surface area contributed by atoms with Gasteiger partial charge in [-0.3, -0.25) is 10.3 Å². The van der Waals surface area contributed by atoms with E-state index in [0.717, 1.165) is 55.6 Å². The van der Waals surface area contributed by atoms with E-state index >= 15 is 0 Å². The molecule has 0 saturated heterocycles. The van der Waals surface area contributed by atoms with E-state index in [-0.39, 0.29) is 12.3 Å². The SMILES string of the molecule is c1ccc(C2N=C(c3cncc4oc5cc(-n6c7ccccc7c7cc8ccccc8cc76)ccc5c34)NC(c3ccc(-c4cccc5ccccc45)cc3)N2)cc1. The predicted molar refractivity (Wildman–Crippen MR) is 237 cm³/mol. The molecule has 1 aliphatic rings. The Balaban J connectivity index is 0.964. The zero-order chi connectivity index (χ0) is 38.2. The van der Waals surface area contributed by atoms with Crippen LogP contribution in [-0.4, -0.2) is 15.4 Å². The maximum atomic E-state index is 6.65. The molecule has 0 radical (unpaired) electrons. The van der Waals surface area contributed by atoms with Crippen molar-refractivity contribution in [2.75, 3.05) is 0 Å². The molecular formula is C52H35N5O. The molecule has 0 saturated carbocycles. The molecule has 0 spiro atoms. The lowest BCUT2D eigenvalue weighted by molar-refractivity contribution is 0.409. The van der Waals surface area contributed by atoms with Gasteiger partial charge < -0.3 is 14.3 Å². The van der Waals surface area contributed by atoms with Gasteiger partial charge in [-0.05, 0) is 74.1 Å². The van der Waals surface area contributed by atoms with Gasteiger partial charge in [0.15, 0.2) is 5.58 Å². The lowest BCUT2D eigenvalue weighted by Crippen LogP contribution is -2.45. The standard InChI is InChI=1S/C52H35N5O/c1-2-12-34(13-3-1)50-54-51(35-23-21-33(22-24-35)40-19-10-16-32-11-6-7-17-39(32)40)56-52(55-50)44-30-53-31-48-49(44)42-26-25-38(29-47(42)58-48)57-45-20-9-8-18-41(45)43-27-36-14-4-5-15-37(36)28-46(43)57/h1-31,50-51,54H,(H,55,56). The fourth-order valence-electron chi connectivity index (χ4n) is 8.97. The first-order valence-electron chi connectivity index (χ1n) is 19.7. The number of benzene rings is 8. The Morgan fingerprint density at radius 3 is 2.10 bits per heavy atom. The maximum absolute atomic E-state index is 6.65. The van der Waals surface area contributed by atoms with Crippen molar-refractivity contribution in [2.24, 2.45) is 4.99 Å². The van der Waals surface area contributed by atoms with Crippen LogP contribution in [0.4, 0.5) is 0 Å². The normalized spacial score (nSPS) is 15.8. The highest BCUT2D eigenvalue weighted by molar-refractivity contribution is 6.18. The van der Waals surface area contributed by atoms with E-state index in [4.69, 9.17) is 14.4 Å². The fraction of sp³-hybridized carbons (Fsp3) is 0.0385. The number of rotatable bonds is 5. The fourth-order valence-corrected chi connectivity index (χ4v) is 8.97. The number of aliphatic imine (C=N–C) groups is 1. The Morgan fingerprint density at radius 1 is 0.500 bits per heavy atom. The Bertz CT molecular complexity index is 3410. The largest absolute Gasteiger partial charge is 0.454 e. The van der Waals surface area contributed by atoms with E-state index in [2.05, 4.69) is 185 Å². The third kappa shape index (κ3) is 5.23. The highest BCUT2D eigenvalue weighted by Crippen LogP contribution is 2.39. The van der Waals surface area contributed by atoms with Crippen LogP contribution in [-0.2, 0) is 0 Å². The van der Waals surface area contributed by atoms with Gasteiger partial charge in [0.25, 0.3) is 0 Å². The summed E-state index contributed by atoms with van der Waals surface area (Å²) in [7, 11) is 0. The van der Waals surface area contributed by atoms with Gasteiger partial charge in [-0.2, -0.15) is 0 Å². The molecule has 2 unspecified atom stereocenters. The summed E-state index contributed by atoms with van der Waals surface area (Å²) in [6.07, 6.45) is 3.21. The summed E-state index contributed by atoms with van der Waals surface area (Å²) in [6.45, 7) is 0. The summed E-state index contributed by atoms with van der Waals surface area (Å²) in [5.74, 6) is 0.759. The molecule has 4 heterocycles. The van der Waals surface area contributed by atoms with Crippen molar-refractivity contribution in [3.05, 3.63) is 205 Å². The molecule has 8 aromatic carbocycles. The van der Waals surface area contributed by atoms with Crippen LogP contribution in [0.1, 0.15) is 29.0 Å². The summed E-state index contributed by atoms with van der Waals surface area (Å²) < 4.78 is 9.00. The third-order valence-electron chi connectivity index (χ3n) is 11.7. The van der Waals surface area contributed by atoms with Gasteiger partial charge >= 0.3 is 0 Å². The molecule has 0 aliphatic carbocycles. The van der Waals surface area contributed by atoms with Crippen molar-refractivity contribution in [1.29, 1.82) is 0 Å². The molecule has 6 nitrogen and oxygen atoms in total. The van der Waals surface area contributed by atoms with Crippen LogP contribution in [0.3, 0.4) is 0 Å². The molecule has 1 aliphatic heterocycles. The van der Waals surface area contributed by atoms with Crippen molar-refractivity contribution in [3.63, 3.8) is 0 Å². The maximum Gasteiger partial charge on any atom is 0.154 e. The number of pyridine rings is 1. The molecule has 6 heteroatoms. The van der Waals surface area contributed by atoms with Gasteiger partial charge in [-0.1, -0.05) is 140 Å². The first-order valence-corrected chi connectivity index (χ1v) is 19.7. The Kier molecular flexibility index (Phi) is 7.33. The summed E-state index contributed by atoms with van der Waals surface area (Å²) in [4.78, 5) is 9.99. The summed E-state index contributed by atoms with van der Waals surface area (Å²) >= 11 is 0. The van der Waals surface area contributed by atoms with Crippen LogP contribution in [0.15, 0.2) is 198 Å². The van der Waals surface area contributed by atoms with Crippen LogP contribution < -0.4 is 10.6 Å². The van der Waals surface area contributed by atoms with Gasteiger partial charge in [-0.25, -0.2) is 4.99 Å². The second-order valence-corrected chi connectivity index (χ2v) is 15.1. The van der Waals surface area contributed by atoms with Crippen molar-refractivity contribution < 1.29 is 4.42 Å². The molecule has 0 fully saturated rings. The van der Waals surface area contributed by atoms with E-state index in [9.17, 15) is 0 Å². The van der Waals surface area contributed by atoms with E-state index in [1.807, 2.05) is 18.5 Å². The third-order valence-corrected chi connectivity index (χ3v) is 11.7. The molecule has 2 atom stereocenters. The van der Waals surface area contributed by atoms with Gasteiger partial charge in [0.1, 0.15) is 23.8 Å². The van der Waals surface area contributed by atoms with Gasteiger partial charge in [0.2, 0.25) is 0 Å². The number of nitrogens with one attached hydrogen (secondary N) is 2. The Hall–Kier alpha value is -7.54. The van der Waals surface area contributed by atoms with Gasteiger partial charge in [-0.15, -0.1) is 0 Å². The minimum absolute atomic E-state index is 0.217. The topological polar surface area (TPSA) is 67.4 Å². The van der Waals surface area contributed by atoms with Crippen molar-refractivity contribution in [2.45, 2.75) is 12.3 Å². The minimum Gasteiger partial charge on any atom is -0.454 e. The zero-order valence-corrected chi connectivity index (χ0v) is 31.3. The van der Waals surface area contributed by atoms with Gasteiger partial charge in [0, 0.05) is 45.1 Å². The number of aromatic nitrogens is 2. The van der Waals surface area contributed by atoms with E-state index in [1.54, 1.807) is 0 Å². The highest BCUT2D eigenvalue weighted by Gasteiger charge is 2.28. The second-order valence-electron chi connectivity index (χ2n) is 15.1. The first-order chi connectivity index (χ1) is 28.7. The van der Waals surface area contributed by atoms with Gasteiger partial charge in [0.05, 0.1) is 17.2 Å². The molecular weight excluding hydrogens is 711 g/mol. The number of amidine groups is 1. The highest BCUT2D eigenvalue weighted by atomic mass is 16.3. The molecule has 2 N–H and O–H groups in total. The summed E-state index contributed by atoms with van der Waals surface area (Å²) in [5.41, 5.74) is 10.4. The minimum atomic E-state index is -0.286. The monoisotopic (exact) mass is 745 g/mol. The number of hydrogen-bond acceptors (Lipinski definition) is 5. The average Bonchev–Trinajstić information content (AvgIpc) is 3.83. The van der Waals surface area contributed by atoms with Crippen LogP contribution in [0.5, 0.6) is 0 Å². The summed E-state index contributed by atoms with van der Waals surface area (Å²) in [6, 6.07) is 62.6. The Labute approximate surface area is 333 Å². The average molecular weight is 746 g/mol. The second kappa shape index (κ2) is 13.0. The lowest BCUT2D eigenvalue weighted by Gasteiger charge is -2.32. The van der Waals surface area contributed by atoms with Crippen LogP contribution in [0.25, 0.3) is 82.1 Å². The lowest BCUT2D eigenvalue weighted by atomic mass is 9.97. The van der Waals surface area contributed by atoms with Crippen LogP contribution in [0, 0.1) is 0 Å². The molecule has 3 aromatic heterocycles. The first kappa shape index (κ1) is 32.7. The molecule has 12 rings (SSSR count). The van der Waals surface area contributed by atoms with E-state index in [0.29, 0.717) is 5.58 Å². The molecule has 58 heavy (non-hydrogen) atoms. The molecule has 0 amide bonds. The quantitative estimate of drug-likeness (QED) is 0.184. The Morgan fingerprint density at radius 2 is 1.24 bits per heavy atom. The van der Waals surface area contributed by atoms with E-state index in [1.165, 1.54) is 43.4 Å². The van der Waals surface area contributed by atoms with Crippen LogP contribution >= 0.6 is 0 Å². The van der Waals surface area contributed by atoms with E-state index < -0.39 is 0 Å². The predicted octanol–water partition coefficient (Wildman–Crippen LogP) is 12.4. The van der Waals surface area contributed by atoms with Crippen LogP contribution in [0.2, 0.25) is 0 Å². The molecule has 11 aromatic rings. The zero-order valence-electron chi connectivity index (χ0n) is 31.3. The summed E-state index contributed by atoms with van der Waals surface area (Å²) in [5, 5.41) is 16.9. The van der Waals surface area contributed by atoms with Crippen molar-refractivity contribution in [3.8, 4) is 16.8 Å². The number of nitrogens with zero attached hydrogens (tertiary/aromatic N) is 3. The number of para-hydroxylation sites is 1. The number of furan rings is 1.